The number of carbonyl (C=O) groups is 9. The Morgan fingerprint density at radius 2 is 1.72 bits per heavy atom. The number of hydrogen-bond acceptors (Lipinski definition) is 15. The normalized spacial score (nSPS) is 22.1. The Morgan fingerprint density at radius 3 is 2.33 bits per heavy atom. The van der Waals surface area contributed by atoms with Gasteiger partial charge in [-0.2, -0.15) is 13.2 Å². The second kappa shape index (κ2) is 35.9. The molecule has 2 aromatic rings. The van der Waals surface area contributed by atoms with Crippen molar-refractivity contribution in [3.05, 3.63) is 88.0 Å². The van der Waals surface area contributed by atoms with E-state index >= 15 is 0 Å². The molecule has 24 nitrogen and oxygen atoms in total. The van der Waals surface area contributed by atoms with Gasteiger partial charge in [0, 0.05) is 69.5 Å². The lowest BCUT2D eigenvalue weighted by Gasteiger charge is -2.42. The summed E-state index contributed by atoms with van der Waals surface area (Å²) in [5.41, 5.74) is 2.93. The predicted molar refractivity (Wildman–Crippen MR) is 333 cm³/mol. The number of carboxylic acids is 1. The first-order chi connectivity index (χ1) is 42.2. The van der Waals surface area contributed by atoms with Crippen LogP contribution in [-0.4, -0.2) is 164 Å². The summed E-state index contributed by atoms with van der Waals surface area (Å²) >= 11 is 9.70. The van der Waals surface area contributed by atoms with Crippen molar-refractivity contribution in [3.8, 4) is 5.75 Å². The first-order valence-electron chi connectivity index (χ1n) is 29.1. The minimum atomic E-state index is -5.07. The number of aliphatic carboxylic acids is 1. The third-order valence-corrected chi connectivity index (χ3v) is 15.8. The summed E-state index contributed by atoms with van der Waals surface area (Å²) in [4.78, 5) is 112. The van der Waals surface area contributed by atoms with E-state index in [2.05, 4.69) is 62.9 Å². The molecule has 4 bridgehead atoms. The average molecular weight is 1360 g/mol. The molecule has 2 aromatic carbocycles. The van der Waals surface area contributed by atoms with Gasteiger partial charge in [-0.05, 0) is 102 Å². The Labute approximate surface area is 535 Å². The van der Waals surface area contributed by atoms with Gasteiger partial charge < -0.3 is 70.7 Å². The number of carbonyl (C=O) groups excluding carboxylic acids is 8. The number of anilines is 2. The fourth-order valence-corrected chi connectivity index (χ4v) is 9.99. The van der Waals surface area contributed by atoms with Crippen molar-refractivity contribution in [1.82, 2.24) is 26.2 Å². The monoisotopic (exact) mass is 1360 g/mol. The third kappa shape index (κ3) is 23.5. The number of allylic oxidation sites excluding steroid dienone is 3. The van der Waals surface area contributed by atoms with Crippen molar-refractivity contribution in [2.45, 2.75) is 160 Å². The highest BCUT2D eigenvalue weighted by Gasteiger charge is 2.59. The molecule has 0 saturated carbocycles. The van der Waals surface area contributed by atoms with Crippen LogP contribution in [0.1, 0.15) is 127 Å². The van der Waals surface area contributed by atoms with E-state index in [0.29, 0.717) is 59.5 Å². The number of hydrogen-bond donors (Lipinski definition) is 8. The number of esters is 1. The molecule has 3 heterocycles. The van der Waals surface area contributed by atoms with Crippen LogP contribution in [-0.2, 0) is 60.3 Å². The number of methoxy groups -OCH3 is 2. The van der Waals surface area contributed by atoms with E-state index in [1.807, 2.05) is 39.0 Å². The summed E-state index contributed by atoms with van der Waals surface area (Å²) in [6.07, 6.45) is 2.20. The number of amides is 8. The van der Waals surface area contributed by atoms with Gasteiger partial charge >= 0.3 is 30.2 Å². The number of aliphatic hydroxyl groups is 1. The highest BCUT2D eigenvalue weighted by molar-refractivity contribution is 9.09. The molecular weight excluding hydrogens is 1270 g/mol. The van der Waals surface area contributed by atoms with Crippen LogP contribution in [0, 0.1) is 5.92 Å². The van der Waals surface area contributed by atoms with E-state index in [0.717, 1.165) is 37.2 Å². The van der Waals surface area contributed by atoms with Crippen molar-refractivity contribution < 1.29 is 90.2 Å². The molecule has 3 aliphatic rings. The van der Waals surface area contributed by atoms with Gasteiger partial charge in [0.15, 0.2) is 5.72 Å². The van der Waals surface area contributed by atoms with Gasteiger partial charge in [0.25, 0.3) is 5.91 Å². The molecule has 29 heteroatoms. The molecule has 0 aliphatic carbocycles. The number of alkyl halides is 4. The molecule has 90 heavy (non-hydrogen) atoms. The number of urea groups is 1. The third-order valence-electron chi connectivity index (χ3n) is 14.7. The second-order valence-corrected chi connectivity index (χ2v) is 23.1. The van der Waals surface area contributed by atoms with E-state index in [9.17, 15) is 61.4 Å². The molecule has 2 saturated heterocycles. The van der Waals surface area contributed by atoms with Crippen LogP contribution in [0.2, 0.25) is 5.02 Å². The maximum atomic E-state index is 13.9. The van der Waals surface area contributed by atoms with Crippen LogP contribution in [0.3, 0.4) is 0 Å². The fourth-order valence-electron chi connectivity index (χ4n) is 9.45. The number of alkyl carbamates (subject to hydrolysis) is 1. The van der Waals surface area contributed by atoms with E-state index < -0.39 is 107 Å². The Kier molecular flexibility index (Phi) is 30.7. The van der Waals surface area contributed by atoms with Gasteiger partial charge in [-0.1, -0.05) is 85.1 Å². The van der Waals surface area contributed by atoms with Crippen molar-refractivity contribution in [1.29, 1.82) is 0 Å². The predicted octanol–water partition coefficient (Wildman–Crippen LogP) is 7.86. The molecule has 0 aromatic heterocycles. The Morgan fingerprint density at radius 1 is 1.04 bits per heavy atom. The van der Waals surface area contributed by atoms with Crippen molar-refractivity contribution in [3.63, 3.8) is 0 Å². The smallest absolute Gasteiger partial charge is 0.417 e. The number of likely N-dealkylation sites (N-methyl/N-ethyl adjacent to an activating group) is 1. The topological polar surface area (TPSA) is 336 Å². The molecule has 0 spiro atoms. The van der Waals surface area contributed by atoms with Gasteiger partial charge in [0.05, 0.1) is 48.8 Å². The van der Waals surface area contributed by atoms with E-state index in [1.165, 1.54) is 13.5 Å². The summed E-state index contributed by atoms with van der Waals surface area (Å²) in [6.45, 7) is 14.4. The molecule has 0 radical (unpaired) electrons. The Bertz CT molecular complexity index is 2950. The zero-order valence-electron chi connectivity index (χ0n) is 52.4. The van der Waals surface area contributed by atoms with E-state index in [4.69, 9.17) is 46.1 Å². The average Bonchev–Trinajstić information content (AvgIpc) is 1.57. The standard InChI is InChI=1S/C30H40BrF3N6O9.C28H37ClN2O7.C3H8/c1-17(15-31)28(47)49-13-6-4-5-9-23(41)37-16-24(42)39-22(8-7-12-36-29(35)48)25(43)38-19-10-11-20(21(14-19)30(32,33)34)26(44)40(3)18(2)27(45)46;1-16-8-7-9-22(36-6)28(34)15-21(37-26(33)30-28)17(2)25-27(3,38-25)11-10-23(32)31(4)19-13-18(12-16)14-20(35-5)24(19)29;1-3-2/h10-11,14,18,22H,1,4-9,12-13,15-16H2,2-3H3,(H,37,41)(H,38,43)(H,39,42)(H,45,46)(H3,35,36,48);7-9,13-14,17,21-22,25,34H,10-12,15H2,1-6H3,(H,30,33);3H2,1-2H3/b;9-7+,16-8+;/t18-,22?;17-,21?,22-,25?,27+,28+;/m01./s1. The maximum absolute atomic E-state index is 13.9. The zero-order valence-corrected chi connectivity index (χ0v) is 54.7. The van der Waals surface area contributed by atoms with Gasteiger partial charge in [-0.3, -0.25) is 29.3 Å². The first-order valence-corrected chi connectivity index (χ1v) is 30.6. The van der Waals surface area contributed by atoms with Gasteiger partial charge in [-0.15, -0.1) is 0 Å². The summed E-state index contributed by atoms with van der Waals surface area (Å²) < 4.78 is 69.5. The van der Waals surface area contributed by atoms with Crippen molar-refractivity contribution in [2.75, 3.05) is 63.6 Å². The Balaban J connectivity index is 0.000000462. The van der Waals surface area contributed by atoms with Crippen LogP contribution in [0.15, 0.2) is 66.3 Å². The van der Waals surface area contributed by atoms with Crippen LogP contribution in [0.5, 0.6) is 5.75 Å². The van der Waals surface area contributed by atoms with E-state index in [-0.39, 0.29) is 79.8 Å². The lowest BCUT2D eigenvalue weighted by molar-refractivity contribution is -0.142. The summed E-state index contributed by atoms with van der Waals surface area (Å²) in [7, 11) is 5.77. The number of fused-ring (bicyclic) bond motifs is 5. The number of nitrogens with zero attached hydrogens (tertiary/aromatic N) is 2. The quantitative estimate of drug-likeness (QED) is 0.0183. The number of nitrogens with one attached hydrogen (secondary N) is 5. The number of epoxide rings is 1. The van der Waals surface area contributed by atoms with Gasteiger partial charge in [0.2, 0.25) is 23.6 Å². The number of ether oxygens (including phenoxy) is 5. The SMILES string of the molecule is C=C(CBr)C(=O)OCCCCCC(=O)NCC(=O)NC(CCCNC(N)=O)C(=O)Nc1ccc(C(=O)N(C)[C@@H](C)C(=O)O)c(C(F)(F)F)c1.CCC.COc1cc2cc(c1Cl)N(C)C(=O)CC[C@]1(C)OC1[C@H](C)C1C[C@@](O)(NC(=O)O1)[C@H](OC)/C=C/C=C(\C)C2. The second-order valence-electron chi connectivity index (χ2n) is 22.1. The number of carboxylic acid groups (broad SMARTS) is 1. The number of nitrogens with two attached hydrogens (primary N) is 1. The van der Waals surface area contributed by atoms with Crippen LogP contribution in [0.4, 0.5) is 34.1 Å². The van der Waals surface area contributed by atoms with E-state index in [1.54, 1.807) is 31.2 Å². The molecule has 8 atom stereocenters. The Hall–Kier alpha value is -7.27. The van der Waals surface area contributed by atoms with Crippen molar-refractivity contribution >= 4 is 92.5 Å². The molecular formula is C61H85BrClF3N8O16. The minimum absolute atomic E-state index is 0.00744. The highest BCUT2D eigenvalue weighted by Crippen LogP contribution is 2.48. The molecule has 500 valence electrons. The van der Waals surface area contributed by atoms with Gasteiger partial charge in [0.1, 0.15) is 35.1 Å². The summed E-state index contributed by atoms with van der Waals surface area (Å²) in [5, 5.41) is 33.1. The number of unbranched alkanes of at least 4 members (excludes halogenated alkanes) is 2. The largest absolute Gasteiger partial charge is 0.495 e. The molecule has 9 N–H and O–H groups in total. The maximum Gasteiger partial charge on any atom is 0.417 e. The summed E-state index contributed by atoms with van der Waals surface area (Å²) in [5.74, 6) is -5.20. The fraction of sp³-hybridized carbons (Fsp3) is 0.557. The van der Waals surface area contributed by atoms with Crippen LogP contribution in [0.25, 0.3) is 0 Å². The molecule has 3 unspecified atom stereocenters. The number of primary amides is 1. The molecule has 8 amide bonds. The highest BCUT2D eigenvalue weighted by atomic mass is 79.9. The molecule has 5 rings (SSSR count). The lowest BCUT2D eigenvalue weighted by Crippen LogP contribution is -2.63. The van der Waals surface area contributed by atoms with Gasteiger partial charge in [-0.25, -0.2) is 19.2 Å². The van der Waals surface area contributed by atoms with Crippen molar-refractivity contribution in [2.24, 2.45) is 11.7 Å². The lowest BCUT2D eigenvalue weighted by atomic mass is 9.84. The number of benzene rings is 2. The molecule has 2 fully saturated rings. The number of rotatable bonds is 22. The first kappa shape index (κ1) is 77.0. The minimum Gasteiger partial charge on any atom is -0.495 e. The molecule has 3 aliphatic heterocycles. The summed E-state index contributed by atoms with van der Waals surface area (Å²) in [6, 6.07) is 2.46. The van der Waals surface area contributed by atoms with Crippen LogP contribution < -0.4 is 42.0 Å². The zero-order chi connectivity index (χ0) is 67.8. The number of halogens is 5. The van der Waals surface area contributed by atoms with Crippen LogP contribution >= 0.6 is 27.5 Å².